The molecule has 1 saturated carbocycles. The van der Waals surface area contributed by atoms with Crippen molar-refractivity contribution in [3.05, 3.63) is 29.8 Å². The quantitative estimate of drug-likeness (QED) is 0.786. The highest BCUT2D eigenvalue weighted by Gasteiger charge is 2.21. The van der Waals surface area contributed by atoms with Gasteiger partial charge >= 0.3 is 0 Å². The molecule has 0 aromatic heterocycles. The Hall–Kier alpha value is -1.02. The monoisotopic (exact) mass is 261 g/mol. The zero-order chi connectivity index (χ0) is 13.9. The second-order valence-electron chi connectivity index (χ2n) is 6.78. The molecule has 0 saturated heterocycles. The molecule has 2 heteroatoms. The van der Waals surface area contributed by atoms with Crippen LogP contribution in [-0.2, 0) is 5.41 Å². The van der Waals surface area contributed by atoms with Crippen LogP contribution in [0, 0.1) is 0 Å². The first-order chi connectivity index (χ1) is 8.97. The molecule has 0 aliphatic heterocycles. The first-order valence-corrected chi connectivity index (χ1v) is 7.52. The summed E-state index contributed by atoms with van der Waals surface area (Å²) in [5.74, 6) is 0. The first kappa shape index (κ1) is 14.4. The third-order valence-corrected chi connectivity index (χ3v) is 4.08. The van der Waals surface area contributed by atoms with E-state index in [1.54, 1.807) is 0 Å². The normalized spacial score (nSPS) is 24.8. The smallest absolute Gasteiger partial charge is 0.0741 e. The number of aliphatic hydroxyl groups excluding tert-OH is 1. The van der Waals surface area contributed by atoms with E-state index in [9.17, 15) is 5.11 Å². The van der Waals surface area contributed by atoms with E-state index in [2.05, 4.69) is 50.4 Å². The number of aliphatic hydroxyl groups is 1. The maximum Gasteiger partial charge on any atom is 0.0741 e. The lowest BCUT2D eigenvalue weighted by Crippen LogP contribution is -2.32. The van der Waals surface area contributed by atoms with Gasteiger partial charge in [0, 0.05) is 5.69 Å². The fourth-order valence-electron chi connectivity index (χ4n) is 2.74. The number of rotatable bonds is 2. The topological polar surface area (TPSA) is 32.3 Å². The standard InChI is InChI=1S/C17H27NO/c1-17(2,3)13-9-11-14(12-10-13)18-15-7-5-4-6-8-16(15)19/h9-12,15-16,18-19H,4-8H2,1-3H3. The molecular weight excluding hydrogens is 234 g/mol. The maximum absolute atomic E-state index is 10.1. The van der Waals surface area contributed by atoms with Crippen molar-refractivity contribution in [2.24, 2.45) is 0 Å². The van der Waals surface area contributed by atoms with Gasteiger partial charge in [-0.25, -0.2) is 0 Å². The molecule has 19 heavy (non-hydrogen) atoms. The molecule has 1 aromatic rings. The van der Waals surface area contributed by atoms with Crippen LogP contribution < -0.4 is 5.32 Å². The second-order valence-corrected chi connectivity index (χ2v) is 6.78. The summed E-state index contributed by atoms with van der Waals surface area (Å²) >= 11 is 0. The van der Waals surface area contributed by atoms with Crippen molar-refractivity contribution >= 4 is 5.69 Å². The summed E-state index contributed by atoms with van der Waals surface area (Å²) in [5.41, 5.74) is 2.67. The summed E-state index contributed by atoms with van der Waals surface area (Å²) in [7, 11) is 0. The van der Waals surface area contributed by atoms with Gasteiger partial charge in [-0.15, -0.1) is 0 Å². The fraction of sp³-hybridized carbons (Fsp3) is 0.647. The summed E-state index contributed by atoms with van der Waals surface area (Å²) in [4.78, 5) is 0. The summed E-state index contributed by atoms with van der Waals surface area (Å²) in [6.45, 7) is 6.68. The highest BCUT2D eigenvalue weighted by Crippen LogP contribution is 2.25. The van der Waals surface area contributed by atoms with Crippen LogP contribution >= 0.6 is 0 Å². The fourth-order valence-corrected chi connectivity index (χ4v) is 2.74. The Bertz CT molecular complexity index is 391. The third kappa shape index (κ3) is 3.97. The zero-order valence-electron chi connectivity index (χ0n) is 12.4. The molecule has 2 nitrogen and oxygen atoms in total. The van der Waals surface area contributed by atoms with Crippen LogP contribution in [0.3, 0.4) is 0 Å². The van der Waals surface area contributed by atoms with Crippen molar-refractivity contribution in [2.75, 3.05) is 5.32 Å². The molecule has 106 valence electrons. The summed E-state index contributed by atoms with van der Waals surface area (Å²) in [6.07, 6.45) is 5.42. The Labute approximate surface area is 117 Å². The second kappa shape index (κ2) is 5.96. The van der Waals surface area contributed by atoms with Gasteiger partial charge in [0.15, 0.2) is 0 Å². The number of anilines is 1. The molecular formula is C17H27NO. The average Bonchev–Trinajstić information content (AvgIpc) is 2.55. The number of hydrogen-bond acceptors (Lipinski definition) is 2. The lowest BCUT2D eigenvalue weighted by Gasteiger charge is -2.24. The molecule has 0 radical (unpaired) electrons. The van der Waals surface area contributed by atoms with E-state index in [0.29, 0.717) is 0 Å². The van der Waals surface area contributed by atoms with E-state index >= 15 is 0 Å². The minimum atomic E-state index is -0.204. The third-order valence-electron chi connectivity index (χ3n) is 4.08. The molecule has 2 atom stereocenters. The van der Waals surface area contributed by atoms with Crippen molar-refractivity contribution in [3.8, 4) is 0 Å². The SMILES string of the molecule is CC(C)(C)c1ccc(NC2CCCCCC2O)cc1. The molecule has 2 N–H and O–H groups in total. The Morgan fingerprint density at radius 2 is 1.63 bits per heavy atom. The molecule has 0 amide bonds. The van der Waals surface area contributed by atoms with Gasteiger partial charge in [-0.2, -0.15) is 0 Å². The highest BCUT2D eigenvalue weighted by atomic mass is 16.3. The van der Waals surface area contributed by atoms with Crippen molar-refractivity contribution in [1.29, 1.82) is 0 Å². The predicted molar refractivity (Wildman–Crippen MR) is 81.6 cm³/mol. The summed E-state index contributed by atoms with van der Waals surface area (Å²) < 4.78 is 0. The van der Waals surface area contributed by atoms with Crippen LogP contribution in [0.2, 0.25) is 0 Å². The lowest BCUT2D eigenvalue weighted by molar-refractivity contribution is 0.144. The Morgan fingerprint density at radius 1 is 1.00 bits per heavy atom. The Kier molecular flexibility index (Phi) is 4.51. The predicted octanol–water partition coefficient (Wildman–Crippen LogP) is 4.09. The van der Waals surface area contributed by atoms with Crippen LogP contribution in [0.25, 0.3) is 0 Å². The van der Waals surface area contributed by atoms with Gasteiger partial charge in [0.2, 0.25) is 0 Å². The molecule has 1 aliphatic rings. The molecule has 0 bridgehead atoms. The molecule has 2 unspecified atom stereocenters. The Morgan fingerprint density at radius 3 is 2.26 bits per heavy atom. The van der Waals surface area contributed by atoms with Crippen LogP contribution in [0.1, 0.15) is 58.4 Å². The minimum Gasteiger partial charge on any atom is -0.391 e. The van der Waals surface area contributed by atoms with E-state index < -0.39 is 0 Å². The van der Waals surface area contributed by atoms with Gasteiger partial charge in [0.25, 0.3) is 0 Å². The van der Waals surface area contributed by atoms with Crippen molar-refractivity contribution in [1.82, 2.24) is 0 Å². The van der Waals surface area contributed by atoms with Crippen molar-refractivity contribution in [3.63, 3.8) is 0 Å². The molecule has 1 aromatic carbocycles. The van der Waals surface area contributed by atoms with E-state index in [-0.39, 0.29) is 17.6 Å². The minimum absolute atomic E-state index is 0.195. The van der Waals surface area contributed by atoms with Crippen molar-refractivity contribution < 1.29 is 5.11 Å². The van der Waals surface area contributed by atoms with Crippen LogP contribution in [0.4, 0.5) is 5.69 Å². The van der Waals surface area contributed by atoms with Crippen LogP contribution in [-0.4, -0.2) is 17.3 Å². The molecule has 1 aliphatic carbocycles. The average molecular weight is 261 g/mol. The van der Waals surface area contributed by atoms with Crippen LogP contribution in [0.15, 0.2) is 24.3 Å². The largest absolute Gasteiger partial charge is 0.391 e. The van der Waals surface area contributed by atoms with E-state index in [4.69, 9.17) is 0 Å². The lowest BCUT2D eigenvalue weighted by atomic mass is 9.87. The highest BCUT2D eigenvalue weighted by molar-refractivity contribution is 5.46. The van der Waals surface area contributed by atoms with E-state index in [1.807, 2.05) is 0 Å². The van der Waals surface area contributed by atoms with Crippen molar-refractivity contribution in [2.45, 2.75) is 70.4 Å². The van der Waals surface area contributed by atoms with Gasteiger partial charge in [0.05, 0.1) is 12.1 Å². The maximum atomic E-state index is 10.1. The van der Waals surface area contributed by atoms with Gasteiger partial charge in [-0.3, -0.25) is 0 Å². The van der Waals surface area contributed by atoms with Crippen LogP contribution in [0.5, 0.6) is 0 Å². The van der Waals surface area contributed by atoms with Gasteiger partial charge in [-0.05, 0) is 36.0 Å². The first-order valence-electron chi connectivity index (χ1n) is 7.52. The molecule has 0 heterocycles. The zero-order valence-corrected chi connectivity index (χ0v) is 12.4. The van der Waals surface area contributed by atoms with E-state index in [0.717, 1.165) is 24.9 Å². The Balaban J connectivity index is 2.02. The molecule has 2 rings (SSSR count). The number of nitrogens with one attached hydrogen (secondary N) is 1. The molecule has 1 fully saturated rings. The van der Waals surface area contributed by atoms with E-state index in [1.165, 1.54) is 18.4 Å². The number of hydrogen-bond donors (Lipinski definition) is 2. The van der Waals surface area contributed by atoms with Gasteiger partial charge in [-0.1, -0.05) is 52.2 Å². The number of benzene rings is 1. The summed E-state index contributed by atoms with van der Waals surface area (Å²) in [5, 5.41) is 13.6. The van der Waals surface area contributed by atoms with Gasteiger partial charge < -0.3 is 10.4 Å². The van der Waals surface area contributed by atoms with Gasteiger partial charge in [0.1, 0.15) is 0 Å². The molecule has 0 spiro atoms. The summed E-state index contributed by atoms with van der Waals surface area (Å²) in [6, 6.07) is 8.86.